The Morgan fingerprint density at radius 1 is 0.972 bits per heavy atom. The molecule has 2 amide bonds. The van der Waals surface area contributed by atoms with Crippen LogP contribution in [-0.4, -0.2) is 64.6 Å². The van der Waals surface area contributed by atoms with Gasteiger partial charge in [0.15, 0.2) is 0 Å². The van der Waals surface area contributed by atoms with Crippen LogP contribution in [0, 0.1) is 5.92 Å². The van der Waals surface area contributed by atoms with Gasteiger partial charge in [0.1, 0.15) is 5.82 Å². The van der Waals surface area contributed by atoms with Crippen molar-refractivity contribution >= 4 is 23.3 Å². The van der Waals surface area contributed by atoms with Crippen molar-refractivity contribution < 1.29 is 14.1 Å². The maximum absolute atomic E-state index is 13.2. The summed E-state index contributed by atoms with van der Waals surface area (Å²) in [6.07, 6.45) is 6.75. The van der Waals surface area contributed by atoms with Crippen LogP contribution < -0.4 is 9.80 Å². The molecule has 2 saturated heterocycles. The molecule has 0 spiro atoms. The lowest BCUT2D eigenvalue weighted by molar-refractivity contribution is -0.136. The molecule has 3 aliphatic rings. The third-order valence-electron chi connectivity index (χ3n) is 7.61. The van der Waals surface area contributed by atoms with Crippen LogP contribution in [0.15, 0.2) is 53.2 Å². The average molecular weight is 487 g/mol. The Balaban J connectivity index is 1.04. The van der Waals surface area contributed by atoms with Crippen LogP contribution in [0.25, 0.3) is 11.4 Å². The van der Waals surface area contributed by atoms with Gasteiger partial charge in [-0.1, -0.05) is 36.2 Å². The predicted octanol–water partition coefficient (Wildman–Crippen LogP) is 3.49. The van der Waals surface area contributed by atoms with Gasteiger partial charge in [0.2, 0.25) is 23.5 Å². The van der Waals surface area contributed by atoms with Crippen molar-refractivity contribution in [2.75, 3.05) is 42.5 Å². The SMILES string of the molecule is O=C(C1CC(=O)N(c2ccccc2)C1)N1CCN(c2ccc(-c3noc(C4CCCC4)n3)cn2)CC1. The molecule has 2 aromatic heterocycles. The average Bonchev–Trinajstić information content (AvgIpc) is 3.70. The zero-order chi connectivity index (χ0) is 24.5. The van der Waals surface area contributed by atoms with Crippen molar-refractivity contribution in [3.05, 3.63) is 54.6 Å². The Morgan fingerprint density at radius 2 is 1.75 bits per heavy atom. The summed E-state index contributed by atoms with van der Waals surface area (Å²) in [6, 6.07) is 13.5. The Kier molecular flexibility index (Phi) is 6.13. The quantitative estimate of drug-likeness (QED) is 0.545. The minimum atomic E-state index is -0.286. The number of amides is 2. The first-order chi connectivity index (χ1) is 17.7. The number of piperazine rings is 1. The molecule has 0 N–H and O–H groups in total. The van der Waals surface area contributed by atoms with Crippen LogP contribution in [0.1, 0.15) is 43.9 Å². The zero-order valence-corrected chi connectivity index (χ0v) is 20.3. The molecule has 1 aromatic carbocycles. The van der Waals surface area contributed by atoms with Crippen molar-refractivity contribution in [3.63, 3.8) is 0 Å². The minimum absolute atomic E-state index is 0.0134. The fourth-order valence-corrected chi connectivity index (χ4v) is 5.54. The van der Waals surface area contributed by atoms with Crippen LogP contribution in [0.3, 0.4) is 0 Å². The van der Waals surface area contributed by atoms with Crippen molar-refractivity contribution in [1.82, 2.24) is 20.0 Å². The fourth-order valence-electron chi connectivity index (χ4n) is 5.54. The molecule has 6 rings (SSSR count). The fraction of sp³-hybridized carbons (Fsp3) is 0.444. The van der Waals surface area contributed by atoms with Gasteiger partial charge >= 0.3 is 0 Å². The van der Waals surface area contributed by atoms with Crippen LogP contribution in [0.4, 0.5) is 11.5 Å². The number of para-hydroxylation sites is 1. The number of hydrogen-bond acceptors (Lipinski definition) is 7. The normalized spacial score (nSPS) is 20.9. The van der Waals surface area contributed by atoms with Crippen LogP contribution in [0.5, 0.6) is 0 Å². The van der Waals surface area contributed by atoms with E-state index in [0.29, 0.717) is 44.5 Å². The topological polar surface area (TPSA) is 95.7 Å². The first-order valence-corrected chi connectivity index (χ1v) is 12.8. The zero-order valence-electron chi connectivity index (χ0n) is 20.3. The second-order valence-corrected chi connectivity index (χ2v) is 9.90. The van der Waals surface area contributed by atoms with Gasteiger partial charge in [-0.3, -0.25) is 9.59 Å². The molecular weight excluding hydrogens is 456 g/mol. The van der Waals surface area contributed by atoms with Crippen molar-refractivity contribution in [2.45, 2.75) is 38.0 Å². The monoisotopic (exact) mass is 486 g/mol. The summed E-state index contributed by atoms with van der Waals surface area (Å²) in [4.78, 5) is 40.7. The number of carbonyl (C=O) groups excluding carboxylic acids is 2. The lowest BCUT2D eigenvalue weighted by Gasteiger charge is -2.36. The highest BCUT2D eigenvalue weighted by molar-refractivity contribution is 6.00. The third kappa shape index (κ3) is 4.45. The summed E-state index contributed by atoms with van der Waals surface area (Å²) in [5, 5.41) is 4.16. The van der Waals surface area contributed by atoms with Gasteiger partial charge in [-0.05, 0) is 37.1 Å². The smallest absolute Gasteiger partial charge is 0.230 e. The van der Waals surface area contributed by atoms with Gasteiger partial charge in [-0.25, -0.2) is 4.98 Å². The maximum atomic E-state index is 13.2. The van der Waals surface area contributed by atoms with Gasteiger partial charge in [0.05, 0.1) is 5.92 Å². The van der Waals surface area contributed by atoms with E-state index < -0.39 is 0 Å². The number of anilines is 2. The van der Waals surface area contributed by atoms with Gasteiger partial charge in [0, 0.05) is 62.5 Å². The highest BCUT2D eigenvalue weighted by Crippen LogP contribution is 2.34. The molecule has 9 nitrogen and oxygen atoms in total. The highest BCUT2D eigenvalue weighted by Gasteiger charge is 2.38. The number of rotatable bonds is 5. The van der Waals surface area contributed by atoms with E-state index in [1.165, 1.54) is 12.8 Å². The molecule has 1 atom stereocenters. The van der Waals surface area contributed by atoms with Crippen molar-refractivity contribution in [1.29, 1.82) is 0 Å². The third-order valence-corrected chi connectivity index (χ3v) is 7.61. The summed E-state index contributed by atoms with van der Waals surface area (Å²) in [5.74, 6) is 2.38. The number of pyridine rings is 1. The van der Waals surface area contributed by atoms with Crippen LogP contribution >= 0.6 is 0 Å². The van der Waals surface area contributed by atoms with E-state index in [0.717, 1.165) is 35.8 Å². The van der Waals surface area contributed by atoms with Crippen LogP contribution in [-0.2, 0) is 9.59 Å². The second-order valence-electron chi connectivity index (χ2n) is 9.90. The minimum Gasteiger partial charge on any atom is -0.353 e. The molecule has 1 unspecified atom stereocenters. The van der Waals surface area contributed by atoms with E-state index in [-0.39, 0.29) is 24.2 Å². The van der Waals surface area contributed by atoms with Gasteiger partial charge in [-0.2, -0.15) is 4.98 Å². The summed E-state index contributed by atoms with van der Waals surface area (Å²) in [6.45, 7) is 3.09. The lowest BCUT2D eigenvalue weighted by Crippen LogP contribution is -2.51. The summed E-state index contributed by atoms with van der Waals surface area (Å²) < 4.78 is 5.50. The Bertz CT molecular complexity index is 1210. The Hall–Kier alpha value is -3.75. The maximum Gasteiger partial charge on any atom is 0.230 e. The van der Waals surface area contributed by atoms with Gasteiger partial charge in [-0.15, -0.1) is 0 Å². The van der Waals surface area contributed by atoms with Crippen LogP contribution in [0.2, 0.25) is 0 Å². The first kappa shape index (κ1) is 22.7. The number of aromatic nitrogens is 3. The molecule has 36 heavy (non-hydrogen) atoms. The largest absolute Gasteiger partial charge is 0.353 e. The molecule has 0 radical (unpaired) electrons. The van der Waals surface area contributed by atoms with Crippen molar-refractivity contribution in [3.8, 4) is 11.4 Å². The lowest BCUT2D eigenvalue weighted by atomic mass is 10.1. The molecule has 4 heterocycles. The summed E-state index contributed by atoms with van der Waals surface area (Å²) >= 11 is 0. The molecule has 3 fully saturated rings. The molecule has 1 saturated carbocycles. The summed E-state index contributed by atoms with van der Waals surface area (Å²) in [7, 11) is 0. The number of hydrogen-bond donors (Lipinski definition) is 0. The van der Waals surface area contributed by atoms with E-state index in [2.05, 4.69) is 20.0 Å². The molecule has 2 aliphatic heterocycles. The standard InChI is InChI=1S/C27H30N6O3/c34-24-16-21(18-33(24)22-8-2-1-3-9-22)27(35)32-14-12-31(13-15-32)23-11-10-20(17-28-23)25-29-26(36-30-25)19-6-4-5-7-19/h1-3,8-11,17,19,21H,4-7,12-16,18H2. The second kappa shape index (κ2) is 9.72. The van der Waals surface area contributed by atoms with E-state index in [9.17, 15) is 9.59 Å². The number of benzene rings is 1. The molecule has 0 bridgehead atoms. The molecular formula is C27H30N6O3. The molecule has 3 aromatic rings. The number of carbonyl (C=O) groups is 2. The van der Waals surface area contributed by atoms with Gasteiger partial charge < -0.3 is 19.2 Å². The molecule has 9 heteroatoms. The van der Waals surface area contributed by atoms with Crippen molar-refractivity contribution in [2.24, 2.45) is 5.92 Å². The molecule has 186 valence electrons. The van der Waals surface area contributed by atoms with E-state index in [4.69, 9.17) is 4.52 Å². The predicted molar refractivity (Wildman–Crippen MR) is 134 cm³/mol. The van der Waals surface area contributed by atoms with E-state index >= 15 is 0 Å². The Morgan fingerprint density at radius 3 is 2.47 bits per heavy atom. The summed E-state index contributed by atoms with van der Waals surface area (Å²) in [5.41, 5.74) is 1.70. The Labute approximate surface area is 210 Å². The molecule has 1 aliphatic carbocycles. The van der Waals surface area contributed by atoms with E-state index in [1.54, 1.807) is 11.1 Å². The van der Waals surface area contributed by atoms with E-state index in [1.807, 2.05) is 47.4 Å². The van der Waals surface area contributed by atoms with Gasteiger partial charge in [0.25, 0.3) is 0 Å². The number of nitrogens with zero attached hydrogens (tertiary/aromatic N) is 6. The first-order valence-electron chi connectivity index (χ1n) is 12.8. The highest BCUT2D eigenvalue weighted by atomic mass is 16.5.